The van der Waals surface area contributed by atoms with Crippen molar-refractivity contribution in [1.29, 1.82) is 0 Å². The maximum atomic E-state index is 14.1. The van der Waals surface area contributed by atoms with Gasteiger partial charge in [0.2, 0.25) is 0 Å². The van der Waals surface area contributed by atoms with Gasteiger partial charge in [-0.25, -0.2) is 9.59 Å². The number of carbonyl (C=O) groups is 2. The highest BCUT2D eigenvalue weighted by Gasteiger charge is 2.61. The highest BCUT2D eigenvalue weighted by molar-refractivity contribution is 5.99. The second-order valence-corrected chi connectivity index (χ2v) is 8.61. The van der Waals surface area contributed by atoms with Gasteiger partial charge in [-0.3, -0.25) is 0 Å². The average Bonchev–Trinajstić information content (AvgIpc) is 2.86. The van der Waals surface area contributed by atoms with Crippen molar-refractivity contribution in [3.63, 3.8) is 0 Å². The third-order valence-corrected chi connectivity index (χ3v) is 6.28. The molecule has 4 aromatic rings. The maximum absolute atomic E-state index is 14.1. The molecule has 0 radical (unpaired) electrons. The van der Waals surface area contributed by atoms with Crippen LogP contribution in [0.25, 0.3) is 0 Å². The van der Waals surface area contributed by atoms with E-state index in [9.17, 15) is 9.59 Å². The monoisotopic (exact) mass is 448 g/mol. The van der Waals surface area contributed by atoms with Crippen LogP contribution in [0.5, 0.6) is 0 Å². The summed E-state index contributed by atoms with van der Waals surface area (Å²) in [6.45, 7) is 3.86. The minimum absolute atomic E-state index is 0.532. The molecule has 0 bridgehead atoms. The molecule has 2 atom stereocenters. The molecule has 0 amide bonds. The minimum Gasteiger partial charge on any atom is -0.433 e. The van der Waals surface area contributed by atoms with Gasteiger partial charge in [0.05, 0.1) is 0 Å². The van der Waals surface area contributed by atoms with Crippen molar-refractivity contribution in [2.24, 2.45) is 0 Å². The Morgan fingerprint density at radius 2 is 0.824 bits per heavy atom. The van der Waals surface area contributed by atoms with Crippen LogP contribution >= 0.6 is 0 Å². The lowest BCUT2D eigenvalue weighted by molar-refractivity contribution is -0.220. The SMILES string of the molecule is Cc1cccc(C2(c3ccccc3)OC(=O)C(c3ccccc3)(c3cccc(C)c3)OC2=O)c1. The van der Waals surface area contributed by atoms with Gasteiger partial charge >= 0.3 is 11.9 Å². The number of rotatable bonds is 4. The Bertz CT molecular complexity index is 1260. The summed E-state index contributed by atoms with van der Waals surface area (Å²) >= 11 is 0. The van der Waals surface area contributed by atoms with Gasteiger partial charge in [-0.15, -0.1) is 0 Å². The zero-order valence-corrected chi connectivity index (χ0v) is 19.0. The molecular formula is C30H24O4. The van der Waals surface area contributed by atoms with Crippen molar-refractivity contribution in [3.8, 4) is 0 Å². The van der Waals surface area contributed by atoms with Gasteiger partial charge in [-0.1, -0.05) is 120 Å². The van der Waals surface area contributed by atoms with Crippen LogP contribution in [0.4, 0.5) is 0 Å². The van der Waals surface area contributed by atoms with E-state index in [1.807, 2.05) is 86.6 Å². The number of cyclic esters (lactones) is 2. The highest BCUT2D eigenvalue weighted by Crippen LogP contribution is 2.47. The number of aryl methyl sites for hydroxylation is 2. The molecule has 1 fully saturated rings. The summed E-state index contributed by atoms with van der Waals surface area (Å²) in [5.41, 5.74) is 0.602. The first-order chi connectivity index (χ1) is 16.5. The zero-order valence-electron chi connectivity index (χ0n) is 19.0. The van der Waals surface area contributed by atoms with Crippen molar-refractivity contribution in [2.75, 3.05) is 0 Å². The van der Waals surface area contributed by atoms with E-state index in [0.29, 0.717) is 22.3 Å². The Kier molecular flexibility index (Phi) is 5.29. The molecule has 0 aliphatic carbocycles. The van der Waals surface area contributed by atoms with Crippen LogP contribution in [0.3, 0.4) is 0 Å². The molecular weight excluding hydrogens is 424 g/mol. The van der Waals surface area contributed by atoms with Crippen molar-refractivity contribution < 1.29 is 19.1 Å². The number of hydrogen-bond acceptors (Lipinski definition) is 4. The largest absolute Gasteiger partial charge is 0.433 e. The van der Waals surface area contributed by atoms with Crippen LogP contribution < -0.4 is 0 Å². The average molecular weight is 449 g/mol. The van der Waals surface area contributed by atoms with Gasteiger partial charge in [-0.2, -0.15) is 0 Å². The Morgan fingerprint density at radius 3 is 1.18 bits per heavy atom. The Labute approximate surface area is 198 Å². The summed E-state index contributed by atoms with van der Waals surface area (Å²) in [6.07, 6.45) is 0. The van der Waals surface area contributed by atoms with Gasteiger partial charge in [0.25, 0.3) is 11.2 Å². The summed E-state index contributed by atoms with van der Waals surface area (Å²) in [7, 11) is 0. The molecule has 4 nitrogen and oxygen atoms in total. The molecule has 4 heteroatoms. The number of benzene rings is 4. The van der Waals surface area contributed by atoms with E-state index >= 15 is 0 Å². The topological polar surface area (TPSA) is 52.6 Å². The normalized spacial score (nSPS) is 22.1. The van der Waals surface area contributed by atoms with Gasteiger partial charge in [-0.05, 0) is 13.8 Å². The highest BCUT2D eigenvalue weighted by atomic mass is 16.7. The second kappa shape index (κ2) is 8.31. The fraction of sp³-hybridized carbons (Fsp3) is 0.133. The van der Waals surface area contributed by atoms with Crippen molar-refractivity contribution >= 4 is 11.9 Å². The summed E-state index contributed by atoms with van der Waals surface area (Å²) in [6, 6.07) is 32.9. The fourth-order valence-electron chi connectivity index (χ4n) is 4.62. The quantitative estimate of drug-likeness (QED) is 0.382. The van der Waals surface area contributed by atoms with E-state index < -0.39 is 23.1 Å². The fourth-order valence-corrected chi connectivity index (χ4v) is 4.62. The minimum atomic E-state index is -1.72. The molecule has 5 rings (SSSR count). The molecule has 1 heterocycles. The van der Waals surface area contributed by atoms with E-state index in [-0.39, 0.29) is 0 Å². The number of ether oxygens (including phenoxy) is 2. The molecule has 1 aliphatic rings. The first-order valence-electron chi connectivity index (χ1n) is 11.2. The van der Waals surface area contributed by atoms with Crippen molar-refractivity contribution in [1.82, 2.24) is 0 Å². The van der Waals surface area contributed by atoms with E-state index in [2.05, 4.69) is 0 Å². The van der Waals surface area contributed by atoms with Gasteiger partial charge in [0.1, 0.15) is 0 Å². The van der Waals surface area contributed by atoms with E-state index in [4.69, 9.17) is 9.47 Å². The molecule has 0 N–H and O–H groups in total. The summed E-state index contributed by atoms with van der Waals surface area (Å²) in [4.78, 5) is 28.2. The van der Waals surface area contributed by atoms with Crippen LogP contribution in [-0.2, 0) is 30.3 Å². The second-order valence-electron chi connectivity index (χ2n) is 8.61. The zero-order chi connectivity index (χ0) is 23.8. The Morgan fingerprint density at radius 1 is 0.471 bits per heavy atom. The van der Waals surface area contributed by atoms with Gasteiger partial charge in [0, 0.05) is 22.3 Å². The standard InChI is InChI=1S/C30H24O4/c1-21-11-9-17-25(19-21)29(23-13-5-3-6-14-23)27(31)34-30(28(32)33-29,24-15-7-4-8-16-24)26-18-10-12-22(2)20-26/h3-20H,1-2H3. The molecule has 168 valence electrons. The molecule has 2 unspecified atom stereocenters. The van der Waals surface area contributed by atoms with Crippen LogP contribution in [0, 0.1) is 13.8 Å². The van der Waals surface area contributed by atoms with E-state index in [1.165, 1.54) is 0 Å². The smallest absolute Gasteiger partial charge is 0.362 e. The van der Waals surface area contributed by atoms with Crippen LogP contribution in [-0.4, -0.2) is 11.9 Å². The number of carbonyl (C=O) groups excluding carboxylic acids is 2. The lowest BCUT2D eigenvalue weighted by Crippen LogP contribution is -2.57. The van der Waals surface area contributed by atoms with Crippen molar-refractivity contribution in [2.45, 2.75) is 25.0 Å². The van der Waals surface area contributed by atoms with Crippen LogP contribution in [0.15, 0.2) is 109 Å². The van der Waals surface area contributed by atoms with Crippen LogP contribution in [0.2, 0.25) is 0 Å². The molecule has 0 aromatic heterocycles. The van der Waals surface area contributed by atoms with Gasteiger partial charge in [0.15, 0.2) is 0 Å². The predicted octanol–water partition coefficient (Wildman–Crippen LogP) is 5.59. The molecule has 1 saturated heterocycles. The molecule has 0 saturated carbocycles. The first-order valence-corrected chi connectivity index (χ1v) is 11.2. The molecule has 34 heavy (non-hydrogen) atoms. The third kappa shape index (κ3) is 3.30. The Hall–Kier alpha value is -4.18. The summed E-state index contributed by atoms with van der Waals surface area (Å²) in [5.74, 6) is -1.29. The lowest BCUT2D eigenvalue weighted by Gasteiger charge is -2.44. The molecule has 1 aliphatic heterocycles. The maximum Gasteiger partial charge on any atom is 0.362 e. The van der Waals surface area contributed by atoms with E-state index in [1.54, 1.807) is 36.4 Å². The predicted molar refractivity (Wildman–Crippen MR) is 129 cm³/mol. The lowest BCUT2D eigenvalue weighted by atomic mass is 9.80. The Balaban J connectivity index is 1.75. The van der Waals surface area contributed by atoms with Crippen molar-refractivity contribution in [3.05, 3.63) is 143 Å². The number of hydrogen-bond donors (Lipinski definition) is 0. The number of esters is 2. The van der Waals surface area contributed by atoms with Crippen LogP contribution in [0.1, 0.15) is 33.4 Å². The van der Waals surface area contributed by atoms with Gasteiger partial charge < -0.3 is 9.47 Å². The molecule has 4 aromatic carbocycles. The first kappa shape index (κ1) is 21.7. The third-order valence-electron chi connectivity index (χ3n) is 6.28. The van der Waals surface area contributed by atoms with E-state index in [0.717, 1.165) is 11.1 Å². The summed E-state index contributed by atoms with van der Waals surface area (Å²) in [5, 5.41) is 0. The molecule has 0 spiro atoms. The summed E-state index contributed by atoms with van der Waals surface area (Å²) < 4.78 is 12.5.